The first kappa shape index (κ1) is 17.0. The fraction of sp³-hybridized carbons (Fsp3) is 0.474. The number of rotatable bonds is 4. The molecule has 0 aliphatic carbocycles. The van der Waals surface area contributed by atoms with Gasteiger partial charge in [-0.2, -0.15) is 0 Å². The molecule has 3 heterocycles. The minimum Gasteiger partial charge on any atom is -0.352 e. The number of nitrogens with one attached hydrogen (secondary N) is 1. The van der Waals surface area contributed by atoms with E-state index in [1.807, 2.05) is 18.3 Å². The highest BCUT2D eigenvalue weighted by molar-refractivity contribution is 7.80. The van der Waals surface area contributed by atoms with E-state index >= 15 is 0 Å². The molecule has 0 aromatic carbocycles. The Bertz CT molecular complexity index is 735. The van der Waals surface area contributed by atoms with E-state index in [9.17, 15) is 0 Å². The maximum absolute atomic E-state index is 5.61. The monoisotopic (exact) mass is 342 g/mol. The van der Waals surface area contributed by atoms with E-state index < -0.39 is 0 Å². The second-order valence-electron chi connectivity index (χ2n) is 6.70. The van der Waals surface area contributed by atoms with E-state index in [1.54, 1.807) is 0 Å². The van der Waals surface area contributed by atoms with Crippen LogP contribution in [0.25, 0.3) is 0 Å². The zero-order valence-electron chi connectivity index (χ0n) is 15.1. The summed E-state index contributed by atoms with van der Waals surface area (Å²) in [5, 5.41) is 4.30. The van der Waals surface area contributed by atoms with Gasteiger partial charge in [0.1, 0.15) is 0 Å². The molecule has 128 valence electrons. The van der Waals surface area contributed by atoms with Crippen molar-refractivity contribution in [2.75, 3.05) is 6.54 Å². The molecule has 0 amide bonds. The Morgan fingerprint density at radius 2 is 2.04 bits per heavy atom. The lowest BCUT2D eigenvalue weighted by Gasteiger charge is -2.27. The van der Waals surface area contributed by atoms with Crippen molar-refractivity contribution in [1.82, 2.24) is 19.8 Å². The van der Waals surface area contributed by atoms with E-state index in [2.05, 4.69) is 66.5 Å². The van der Waals surface area contributed by atoms with Crippen LogP contribution in [0.2, 0.25) is 0 Å². The third-order valence-electron chi connectivity index (χ3n) is 4.90. The van der Waals surface area contributed by atoms with Crippen molar-refractivity contribution >= 4 is 17.3 Å². The predicted octanol–water partition coefficient (Wildman–Crippen LogP) is 4.07. The minimum atomic E-state index is 0.0831. The molecule has 1 aliphatic rings. The summed E-state index contributed by atoms with van der Waals surface area (Å²) in [5.74, 6) is 0. The Labute approximate surface area is 149 Å². The Morgan fingerprint density at radius 1 is 1.29 bits per heavy atom. The number of thiocarbonyl (C=S) groups is 1. The molecular weight excluding hydrogens is 316 g/mol. The summed E-state index contributed by atoms with van der Waals surface area (Å²) in [5.41, 5.74) is 4.99. The molecular formula is C19H26N4S. The smallest absolute Gasteiger partial charge is 0.170 e. The summed E-state index contributed by atoms with van der Waals surface area (Å²) in [6, 6.07) is 9.09. The highest BCUT2D eigenvalue weighted by atomic mass is 32.1. The Kier molecular flexibility index (Phi) is 4.63. The van der Waals surface area contributed by atoms with E-state index in [0.29, 0.717) is 6.04 Å². The molecule has 0 radical (unpaired) electrons. The average molecular weight is 343 g/mol. The summed E-state index contributed by atoms with van der Waals surface area (Å²) < 4.78 is 2.40. The number of aromatic nitrogens is 2. The molecule has 0 bridgehead atoms. The largest absolute Gasteiger partial charge is 0.352 e. The van der Waals surface area contributed by atoms with Gasteiger partial charge in [0.05, 0.1) is 17.8 Å². The molecule has 2 aromatic rings. The fourth-order valence-corrected chi connectivity index (χ4v) is 4.35. The van der Waals surface area contributed by atoms with Gasteiger partial charge in [0.15, 0.2) is 5.11 Å². The van der Waals surface area contributed by atoms with Crippen LogP contribution in [0.4, 0.5) is 0 Å². The van der Waals surface area contributed by atoms with Gasteiger partial charge in [0.2, 0.25) is 0 Å². The van der Waals surface area contributed by atoms with Crippen LogP contribution < -0.4 is 5.32 Å². The zero-order valence-corrected chi connectivity index (χ0v) is 15.9. The topological polar surface area (TPSA) is 33.1 Å². The number of pyridine rings is 1. The van der Waals surface area contributed by atoms with Crippen molar-refractivity contribution in [3.8, 4) is 0 Å². The van der Waals surface area contributed by atoms with E-state index in [4.69, 9.17) is 12.2 Å². The lowest BCUT2D eigenvalue weighted by Crippen LogP contribution is -2.29. The van der Waals surface area contributed by atoms with Crippen LogP contribution in [0.1, 0.15) is 61.5 Å². The van der Waals surface area contributed by atoms with Gasteiger partial charge in [-0.25, -0.2) is 0 Å². The van der Waals surface area contributed by atoms with E-state index in [-0.39, 0.29) is 12.1 Å². The second-order valence-corrected chi connectivity index (χ2v) is 7.09. The van der Waals surface area contributed by atoms with Crippen molar-refractivity contribution in [2.24, 2.45) is 0 Å². The first-order chi connectivity index (χ1) is 11.5. The number of likely N-dealkylation sites (N-methyl/N-ethyl adjacent to an activating group) is 1. The Hall–Kier alpha value is -1.88. The third-order valence-corrected chi connectivity index (χ3v) is 5.25. The third kappa shape index (κ3) is 2.71. The summed E-state index contributed by atoms with van der Waals surface area (Å²) in [6.45, 7) is 11.9. The van der Waals surface area contributed by atoms with Crippen molar-refractivity contribution < 1.29 is 0 Å². The van der Waals surface area contributed by atoms with Crippen LogP contribution in [0.5, 0.6) is 0 Å². The van der Waals surface area contributed by atoms with Crippen LogP contribution in [-0.4, -0.2) is 26.1 Å². The number of hydrogen-bond acceptors (Lipinski definition) is 2. The van der Waals surface area contributed by atoms with Gasteiger partial charge >= 0.3 is 0 Å². The molecule has 24 heavy (non-hydrogen) atoms. The van der Waals surface area contributed by atoms with Gasteiger partial charge in [0, 0.05) is 30.2 Å². The van der Waals surface area contributed by atoms with Gasteiger partial charge in [-0.3, -0.25) is 4.98 Å². The quantitative estimate of drug-likeness (QED) is 0.849. The van der Waals surface area contributed by atoms with Gasteiger partial charge in [-0.1, -0.05) is 6.07 Å². The Morgan fingerprint density at radius 3 is 2.58 bits per heavy atom. The molecule has 2 atom stereocenters. The van der Waals surface area contributed by atoms with Crippen LogP contribution in [0, 0.1) is 13.8 Å². The van der Waals surface area contributed by atoms with Crippen molar-refractivity contribution in [2.45, 2.75) is 52.7 Å². The van der Waals surface area contributed by atoms with E-state index in [0.717, 1.165) is 17.4 Å². The minimum absolute atomic E-state index is 0.0831. The molecule has 1 fully saturated rings. The van der Waals surface area contributed by atoms with Gasteiger partial charge in [-0.05, 0) is 70.6 Å². The van der Waals surface area contributed by atoms with Crippen LogP contribution in [-0.2, 0) is 0 Å². The van der Waals surface area contributed by atoms with Crippen LogP contribution >= 0.6 is 12.2 Å². The van der Waals surface area contributed by atoms with Crippen LogP contribution in [0.15, 0.2) is 30.5 Å². The number of hydrogen-bond donors (Lipinski definition) is 1. The standard InChI is InChI=1S/C19H26N4S/c1-6-22-18(15-11-13(4)23(12(2)3)14(15)5)17(21-19(22)24)16-9-7-8-10-20-16/h7-12,17-18H,6H2,1-5H3,(H,21,24)/t17-,18+/m1/s1. The molecule has 3 rings (SSSR count). The SMILES string of the molecule is CCN1C(=S)N[C@H](c2ccccn2)[C@@H]1c1cc(C)n(C(C)C)c1C. The molecule has 1 aliphatic heterocycles. The predicted molar refractivity (Wildman–Crippen MR) is 102 cm³/mol. The molecule has 0 saturated carbocycles. The second kappa shape index (κ2) is 6.55. The highest BCUT2D eigenvalue weighted by Crippen LogP contribution is 2.41. The van der Waals surface area contributed by atoms with Crippen molar-refractivity contribution in [1.29, 1.82) is 0 Å². The molecule has 1 N–H and O–H groups in total. The molecule has 1 saturated heterocycles. The van der Waals surface area contributed by atoms with Crippen molar-refractivity contribution in [3.63, 3.8) is 0 Å². The lowest BCUT2D eigenvalue weighted by molar-refractivity contribution is 0.329. The van der Waals surface area contributed by atoms with Crippen LogP contribution in [0.3, 0.4) is 0 Å². The normalized spacial score (nSPS) is 20.8. The summed E-state index contributed by atoms with van der Waals surface area (Å²) in [7, 11) is 0. The number of nitrogens with zero attached hydrogens (tertiary/aromatic N) is 3. The van der Waals surface area contributed by atoms with Gasteiger partial charge in [0.25, 0.3) is 0 Å². The first-order valence-electron chi connectivity index (χ1n) is 8.62. The molecule has 0 unspecified atom stereocenters. The van der Waals surface area contributed by atoms with Gasteiger partial charge < -0.3 is 14.8 Å². The maximum atomic E-state index is 5.61. The number of aryl methyl sites for hydroxylation is 1. The lowest BCUT2D eigenvalue weighted by atomic mass is 9.97. The first-order valence-corrected chi connectivity index (χ1v) is 9.02. The molecule has 5 heteroatoms. The highest BCUT2D eigenvalue weighted by Gasteiger charge is 2.40. The van der Waals surface area contributed by atoms with Crippen molar-refractivity contribution in [3.05, 3.63) is 53.1 Å². The summed E-state index contributed by atoms with van der Waals surface area (Å²) in [6.07, 6.45) is 1.85. The fourth-order valence-electron chi connectivity index (χ4n) is 3.98. The zero-order chi connectivity index (χ0) is 17.4. The summed E-state index contributed by atoms with van der Waals surface area (Å²) >= 11 is 5.61. The molecule has 4 nitrogen and oxygen atoms in total. The maximum Gasteiger partial charge on any atom is 0.170 e. The van der Waals surface area contributed by atoms with Gasteiger partial charge in [-0.15, -0.1) is 0 Å². The Balaban J connectivity index is 2.11. The molecule has 0 spiro atoms. The average Bonchev–Trinajstić information content (AvgIpc) is 3.04. The summed E-state index contributed by atoms with van der Waals surface area (Å²) in [4.78, 5) is 6.86. The molecule has 2 aromatic heterocycles. The van der Waals surface area contributed by atoms with E-state index in [1.165, 1.54) is 17.0 Å².